The molecule has 0 N–H and O–H groups in total. The summed E-state index contributed by atoms with van der Waals surface area (Å²) in [5, 5.41) is 0. The molecule has 0 unspecified atom stereocenters. The molecule has 1 saturated heterocycles. The van der Waals surface area contributed by atoms with Gasteiger partial charge < -0.3 is 18.8 Å². The molecule has 0 amide bonds. The maximum Gasteiger partial charge on any atom is 0.348 e. The second-order valence-electron chi connectivity index (χ2n) is 9.73. The van der Waals surface area contributed by atoms with Gasteiger partial charge in [0.05, 0.1) is 37.5 Å². The molecule has 212 valence electrons. The molecule has 0 saturated carbocycles. The van der Waals surface area contributed by atoms with E-state index in [4.69, 9.17) is 25.8 Å². The molecule has 3 aromatic heterocycles. The van der Waals surface area contributed by atoms with Gasteiger partial charge in [-0.3, -0.25) is 0 Å². The fourth-order valence-electron chi connectivity index (χ4n) is 4.68. The lowest BCUT2D eigenvalue weighted by molar-refractivity contribution is -0.0589. The van der Waals surface area contributed by atoms with Crippen LogP contribution in [0.25, 0.3) is 26.4 Å². The van der Waals surface area contributed by atoms with Crippen LogP contribution in [0.2, 0.25) is 0 Å². The smallest absolute Gasteiger partial charge is 0.348 e. The van der Waals surface area contributed by atoms with Crippen molar-refractivity contribution >= 4 is 33.3 Å². The van der Waals surface area contributed by atoms with E-state index in [1.807, 2.05) is 4.57 Å². The van der Waals surface area contributed by atoms with E-state index in [1.165, 1.54) is 36.6 Å². The molecule has 8 nitrogen and oxygen atoms in total. The van der Waals surface area contributed by atoms with E-state index in [9.17, 15) is 9.18 Å². The van der Waals surface area contributed by atoms with Crippen LogP contribution in [0.1, 0.15) is 33.0 Å². The maximum absolute atomic E-state index is 15.4. The summed E-state index contributed by atoms with van der Waals surface area (Å²) in [5.41, 5.74) is 2.84. The van der Waals surface area contributed by atoms with Crippen LogP contribution in [0.5, 0.6) is 5.88 Å². The summed E-state index contributed by atoms with van der Waals surface area (Å²) in [6, 6.07) is 16.0. The molecule has 1 aliphatic rings. The predicted octanol–water partition coefficient (Wildman–Crippen LogP) is 6.73. The number of pyridine rings is 1. The number of hydrogen-bond donors (Lipinski definition) is 0. The molecule has 42 heavy (non-hydrogen) atoms. The van der Waals surface area contributed by atoms with Crippen LogP contribution < -0.4 is 4.74 Å². The van der Waals surface area contributed by atoms with Crippen LogP contribution in [0.4, 0.5) is 14.5 Å². The molecule has 0 aliphatic carbocycles. The Morgan fingerprint density at radius 1 is 1.12 bits per heavy atom. The van der Waals surface area contributed by atoms with E-state index in [0.717, 1.165) is 18.0 Å². The monoisotopic (exact) mass is 586 g/mol. The van der Waals surface area contributed by atoms with Gasteiger partial charge in [-0.15, -0.1) is 11.3 Å². The first-order chi connectivity index (χ1) is 20.4. The number of methoxy groups -OCH3 is 1. The predicted molar refractivity (Wildman–Crippen MR) is 153 cm³/mol. The van der Waals surface area contributed by atoms with Crippen molar-refractivity contribution in [1.82, 2.24) is 14.5 Å². The molecule has 0 bridgehead atoms. The fourth-order valence-corrected chi connectivity index (χ4v) is 5.65. The SMILES string of the molecule is [C-]#[N+]c1ccc(COc2cccc(-c3ccc(Cc4nc5sc(C(=O)OC)cc5n4C[C@@H]4CCO4)c(F)c3)n2)c(F)c1. The van der Waals surface area contributed by atoms with Gasteiger partial charge >= 0.3 is 5.97 Å². The number of ether oxygens (including phenoxy) is 3. The van der Waals surface area contributed by atoms with Gasteiger partial charge in [-0.25, -0.2) is 28.4 Å². The van der Waals surface area contributed by atoms with Crippen LogP contribution in [-0.2, 0) is 29.0 Å². The Hall–Kier alpha value is -4.66. The normalized spacial score (nSPS) is 14.4. The number of carbonyl (C=O) groups is 1. The first-order valence-electron chi connectivity index (χ1n) is 13.1. The largest absolute Gasteiger partial charge is 0.473 e. The van der Waals surface area contributed by atoms with Crippen LogP contribution in [0, 0.1) is 18.2 Å². The summed E-state index contributed by atoms with van der Waals surface area (Å²) in [4.78, 5) is 25.6. The molecular weight excluding hydrogens is 562 g/mol. The van der Waals surface area contributed by atoms with Crippen molar-refractivity contribution in [3.63, 3.8) is 0 Å². The van der Waals surface area contributed by atoms with Gasteiger partial charge in [0.25, 0.3) is 0 Å². The van der Waals surface area contributed by atoms with Gasteiger partial charge in [0.15, 0.2) is 5.69 Å². The summed E-state index contributed by atoms with van der Waals surface area (Å²) >= 11 is 1.24. The zero-order chi connectivity index (χ0) is 29.2. The third kappa shape index (κ3) is 5.59. The van der Waals surface area contributed by atoms with Crippen molar-refractivity contribution in [3.05, 3.63) is 106 Å². The van der Waals surface area contributed by atoms with Crippen molar-refractivity contribution in [3.8, 4) is 17.1 Å². The number of thiophene rings is 1. The van der Waals surface area contributed by atoms with E-state index >= 15 is 4.39 Å². The van der Waals surface area contributed by atoms with Gasteiger partial charge in [0, 0.05) is 30.2 Å². The quantitative estimate of drug-likeness (QED) is 0.141. The summed E-state index contributed by atoms with van der Waals surface area (Å²) in [7, 11) is 1.34. The third-order valence-electron chi connectivity index (χ3n) is 7.05. The molecule has 1 aliphatic heterocycles. The van der Waals surface area contributed by atoms with Gasteiger partial charge in [-0.1, -0.05) is 30.3 Å². The lowest BCUT2D eigenvalue weighted by Crippen LogP contribution is -2.31. The first kappa shape index (κ1) is 27.5. The number of esters is 1. The molecule has 0 radical (unpaired) electrons. The zero-order valence-electron chi connectivity index (χ0n) is 22.5. The van der Waals surface area contributed by atoms with E-state index in [0.29, 0.717) is 51.1 Å². The Kier molecular flexibility index (Phi) is 7.65. The highest BCUT2D eigenvalue weighted by Gasteiger charge is 2.24. The zero-order valence-corrected chi connectivity index (χ0v) is 23.3. The number of aromatic nitrogens is 3. The number of hydrogen-bond acceptors (Lipinski definition) is 7. The van der Waals surface area contributed by atoms with Gasteiger partial charge in [-0.05, 0) is 36.2 Å². The van der Waals surface area contributed by atoms with Crippen LogP contribution >= 0.6 is 11.3 Å². The first-order valence-corrected chi connectivity index (χ1v) is 14.0. The highest BCUT2D eigenvalue weighted by atomic mass is 32.1. The Morgan fingerprint density at radius 3 is 2.64 bits per heavy atom. The lowest BCUT2D eigenvalue weighted by Gasteiger charge is -2.27. The van der Waals surface area contributed by atoms with Crippen molar-refractivity contribution < 1.29 is 27.8 Å². The van der Waals surface area contributed by atoms with Crippen molar-refractivity contribution in [1.29, 1.82) is 0 Å². The second kappa shape index (κ2) is 11.7. The Balaban J connectivity index is 1.21. The summed E-state index contributed by atoms with van der Waals surface area (Å²) in [5.74, 6) is -0.409. The van der Waals surface area contributed by atoms with Gasteiger partial charge in [0.2, 0.25) is 5.88 Å². The fraction of sp³-hybridized carbons (Fsp3) is 0.226. The average molecular weight is 587 g/mol. The minimum absolute atomic E-state index is 0.0463. The molecule has 5 aromatic rings. The van der Waals surface area contributed by atoms with Crippen LogP contribution in [0.3, 0.4) is 0 Å². The number of rotatable bonds is 9. The highest BCUT2D eigenvalue weighted by Crippen LogP contribution is 2.31. The number of imidazole rings is 1. The van der Waals surface area contributed by atoms with Gasteiger partial charge in [-0.2, -0.15) is 0 Å². The number of nitrogens with zero attached hydrogens (tertiary/aromatic N) is 4. The van der Waals surface area contributed by atoms with E-state index in [1.54, 1.807) is 36.4 Å². The summed E-state index contributed by atoms with van der Waals surface area (Å²) in [6.07, 6.45) is 1.22. The van der Waals surface area contributed by atoms with Crippen molar-refractivity contribution in [2.45, 2.75) is 32.1 Å². The molecule has 6 rings (SSSR count). The number of carbonyl (C=O) groups excluding carboxylic acids is 1. The van der Waals surface area contributed by atoms with E-state index in [-0.39, 0.29) is 30.7 Å². The topological polar surface area (TPSA) is 79.8 Å². The molecule has 1 fully saturated rings. The highest BCUT2D eigenvalue weighted by molar-refractivity contribution is 7.20. The second-order valence-corrected chi connectivity index (χ2v) is 10.8. The number of fused-ring (bicyclic) bond motifs is 1. The Labute approximate surface area is 243 Å². The summed E-state index contributed by atoms with van der Waals surface area (Å²) < 4.78 is 47.8. The van der Waals surface area contributed by atoms with Crippen LogP contribution in [0.15, 0.2) is 60.7 Å². The van der Waals surface area contributed by atoms with Gasteiger partial charge in [0.1, 0.15) is 33.8 Å². The minimum Gasteiger partial charge on any atom is -0.473 e. The number of benzene rings is 2. The Bertz CT molecular complexity index is 1840. The standard InChI is InChI=1S/C31H24F2N4O4S/c1-34-21-9-8-20(24(33)14-21)17-41-29-5-3-4-25(35-29)19-7-6-18(23(32)12-19)13-28-36-30-26(15-27(42-30)31(38)39-2)37(28)16-22-10-11-40-22/h3-9,12,14-15,22H,10-11,13,16-17H2,2H3/t22-/m0/s1. The number of halogens is 2. The molecule has 0 spiro atoms. The molecule has 11 heteroatoms. The molecule has 2 aromatic carbocycles. The molecule has 4 heterocycles. The summed E-state index contributed by atoms with van der Waals surface area (Å²) in [6.45, 7) is 8.20. The average Bonchev–Trinajstić information content (AvgIpc) is 3.53. The maximum atomic E-state index is 15.4. The lowest BCUT2D eigenvalue weighted by atomic mass is 10.1. The molecule has 1 atom stereocenters. The minimum atomic E-state index is -0.526. The van der Waals surface area contributed by atoms with E-state index in [2.05, 4.69) is 9.83 Å². The van der Waals surface area contributed by atoms with Crippen LogP contribution in [-0.4, -0.2) is 40.3 Å². The van der Waals surface area contributed by atoms with E-state index < -0.39 is 17.6 Å². The third-order valence-corrected chi connectivity index (χ3v) is 8.05. The molecular formula is C31H24F2N4O4S. The van der Waals surface area contributed by atoms with Crippen molar-refractivity contribution in [2.75, 3.05) is 13.7 Å². The Morgan fingerprint density at radius 2 is 1.93 bits per heavy atom. The van der Waals surface area contributed by atoms with Crippen molar-refractivity contribution in [2.24, 2.45) is 0 Å².